The molecule has 0 saturated carbocycles. The smallest absolute Gasteiger partial charge is 0.322 e. The Morgan fingerprint density at radius 2 is 1.86 bits per heavy atom. The fraction of sp³-hybridized carbons (Fsp3) is 0.263. The first-order valence-electron chi connectivity index (χ1n) is 8.34. The Morgan fingerprint density at radius 1 is 1.21 bits per heavy atom. The van der Waals surface area contributed by atoms with Crippen molar-refractivity contribution in [2.45, 2.75) is 26.5 Å². The number of hydrogen-bond donors (Lipinski definition) is 3. The van der Waals surface area contributed by atoms with Crippen molar-refractivity contribution in [3.05, 3.63) is 56.2 Å². The molecule has 0 aliphatic rings. The SMILES string of the molecule is CC(C)Nc1cccc(COc2c(Br)cc(C(=O)NCC(=O)O)cc2Br)c1F. The number of aliphatic carboxylic acids is 1. The zero-order valence-corrected chi connectivity index (χ0v) is 18.4. The fourth-order valence-corrected chi connectivity index (χ4v) is 3.77. The molecular weight excluding hydrogens is 499 g/mol. The molecule has 2 aromatic rings. The Balaban J connectivity index is 2.15. The second-order valence-corrected chi connectivity index (χ2v) is 7.92. The standard InChI is InChI=1S/C19H19Br2FN2O4/c1-10(2)24-15-5-3-4-11(17(15)22)9-28-18-13(20)6-12(7-14(18)21)19(27)23-8-16(25)26/h3-7,10,24H,8-9H2,1-2H3,(H,23,27)(H,25,26). The number of amides is 1. The number of carboxylic acids is 1. The molecule has 0 spiro atoms. The van der Waals surface area contributed by atoms with E-state index in [2.05, 4.69) is 42.5 Å². The van der Waals surface area contributed by atoms with Crippen LogP contribution in [0.2, 0.25) is 0 Å². The third kappa shape index (κ3) is 5.93. The van der Waals surface area contributed by atoms with Gasteiger partial charge in [-0.1, -0.05) is 12.1 Å². The minimum Gasteiger partial charge on any atom is -0.486 e. The van der Waals surface area contributed by atoms with E-state index < -0.39 is 18.4 Å². The molecule has 9 heteroatoms. The van der Waals surface area contributed by atoms with Crippen molar-refractivity contribution in [1.82, 2.24) is 5.32 Å². The predicted octanol–water partition coefficient (Wildman–Crippen LogP) is 4.56. The van der Waals surface area contributed by atoms with Crippen molar-refractivity contribution in [2.75, 3.05) is 11.9 Å². The van der Waals surface area contributed by atoms with Crippen LogP contribution in [0.4, 0.5) is 10.1 Å². The number of carboxylic acid groups (broad SMARTS) is 1. The number of hydrogen-bond acceptors (Lipinski definition) is 4. The lowest BCUT2D eigenvalue weighted by Gasteiger charge is -2.15. The molecular formula is C19H19Br2FN2O4. The summed E-state index contributed by atoms with van der Waals surface area (Å²) in [5.74, 6) is -1.65. The van der Waals surface area contributed by atoms with Gasteiger partial charge >= 0.3 is 5.97 Å². The minimum atomic E-state index is -1.14. The van der Waals surface area contributed by atoms with Crippen molar-refractivity contribution < 1.29 is 23.8 Å². The van der Waals surface area contributed by atoms with E-state index in [0.29, 0.717) is 25.9 Å². The van der Waals surface area contributed by atoms with Crippen LogP contribution in [-0.2, 0) is 11.4 Å². The van der Waals surface area contributed by atoms with Gasteiger partial charge in [-0.25, -0.2) is 4.39 Å². The topological polar surface area (TPSA) is 87.7 Å². The van der Waals surface area contributed by atoms with Crippen LogP contribution in [0.3, 0.4) is 0 Å². The van der Waals surface area contributed by atoms with Gasteiger partial charge in [0, 0.05) is 17.2 Å². The van der Waals surface area contributed by atoms with Crippen LogP contribution in [0, 0.1) is 5.82 Å². The quantitative estimate of drug-likeness (QED) is 0.477. The van der Waals surface area contributed by atoms with Crippen LogP contribution >= 0.6 is 31.9 Å². The first kappa shape index (κ1) is 22.2. The maximum absolute atomic E-state index is 14.6. The molecule has 150 valence electrons. The highest BCUT2D eigenvalue weighted by Crippen LogP contribution is 2.35. The Kier molecular flexibility index (Phi) is 7.82. The van der Waals surface area contributed by atoms with Crippen molar-refractivity contribution in [1.29, 1.82) is 0 Å². The second-order valence-electron chi connectivity index (χ2n) is 6.21. The Morgan fingerprint density at radius 3 is 2.43 bits per heavy atom. The largest absolute Gasteiger partial charge is 0.486 e. The number of ether oxygens (including phenoxy) is 1. The average molecular weight is 518 g/mol. The molecule has 6 nitrogen and oxygen atoms in total. The molecule has 0 radical (unpaired) electrons. The summed E-state index contributed by atoms with van der Waals surface area (Å²) in [5, 5.41) is 14.0. The lowest BCUT2D eigenvalue weighted by Crippen LogP contribution is -2.29. The van der Waals surface area contributed by atoms with E-state index in [1.54, 1.807) is 18.2 Å². The van der Waals surface area contributed by atoms with E-state index in [4.69, 9.17) is 9.84 Å². The molecule has 0 fully saturated rings. The third-order valence-electron chi connectivity index (χ3n) is 3.56. The van der Waals surface area contributed by atoms with Crippen molar-refractivity contribution >= 4 is 49.4 Å². The number of nitrogens with one attached hydrogen (secondary N) is 2. The average Bonchev–Trinajstić information content (AvgIpc) is 2.61. The lowest BCUT2D eigenvalue weighted by atomic mass is 10.1. The van der Waals surface area contributed by atoms with Gasteiger partial charge in [0.05, 0.1) is 14.6 Å². The predicted molar refractivity (Wildman–Crippen MR) is 111 cm³/mol. The molecule has 0 aliphatic heterocycles. The minimum absolute atomic E-state index is 0.0127. The van der Waals surface area contributed by atoms with E-state index in [9.17, 15) is 14.0 Å². The highest BCUT2D eigenvalue weighted by molar-refractivity contribution is 9.11. The van der Waals surface area contributed by atoms with Gasteiger partial charge in [-0.3, -0.25) is 9.59 Å². The van der Waals surface area contributed by atoms with E-state index in [-0.39, 0.29) is 24.0 Å². The summed E-state index contributed by atoms with van der Waals surface area (Å²) >= 11 is 6.66. The molecule has 2 aromatic carbocycles. The van der Waals surface area contributed by atoms with Crippen LogP contribution in [0.15, 0.2) is 39.3 Å². The van der Waals surface area contributed by atoms with Crippen LogP contribution in [-0.4, -0.2) is 29.6 Å². The fourth-order valence-electron chi connectivity index (χ4n) is 2.35. The Hall–Kier alpha value is -2.13. The molecule has 1 amide bonds. The first-order chi connectivity index (χ1) is 13.2. The van der Waals surface area contributed by atoms with Crippen molar-refractivity contribution in [3.8, 4) is 5.75 Å². The normalized spacial score (nSPS) is 10.6. The summed E-state index contributed by atoms with van der Waals surface area (Å²) in [6, 6.07) is 8.14. The number of halogens is 3. The van der Waals surface area contributed by atoms with Crippen LogP contribution in [0.5, 0.6) is 5.75 Å². The first-order valence-corrected chi connectivity index (χ1v) is 9.93. The number of rotatable bonds is 8. The maximum atomic E-state index is 14.6. The number of carbonyl (C=O) groups excluding carboxylic acids is 1. The molecule has 0 saturated heterocycles. The molecule has 0 unspecified atom stereocenters. The maximum Gasteiger partial charge on any atom is 0.322 e. The third-order valence-corrected chi connectivity index (χ3v) is 4.73. The Labute approximate surface area is 178 Å². The summed E-state index contributed by atoms with van der Waals surface area (Å²) in [6.07, 6.45) is 0. The number of benzene rings is 2. The molecule has 0 aromatic heterocycles. The van der Waals surface area contributed by atoms with Gasteiger partial charge in [0.2, 0.25) is 0 Å². The second kappa shape index (κ2) is 9.88. The van der Waals surface area contributed by atoms with E-state index in [0.717, 1.165) is 0 Å². The molecule has 0 heterocycles. The highest BCUT2D eigenvalue weighted by Gasteiger charge is 2.16. The summed E-state index contributed by atoms with van der Waals surface area (Å²) in [7, 11) is 0. The molecule has 0 aliphatic carbocycles. The van der Waals surface area contributed by atoms with E-state index in [1.807, 2.05) is 13.8 Å². The molecule has 0 bridgehead atoms. The molecule has 28 heavy (non-hydrogen) atoms. The van der Waals surface area contributed by atoms with Gasteiger partial charge in [0.25, 0.3) is 5.91 Å². The van der Waals surface area contributed by atoms with Crippen molar-refractivity contribution in [2.24, 2.45) is 0 Å². The van der Waals surface area contributed by atoms with Gasteiger partial charge in [-0.05, 0) is 63.9 Å². The molecule has 0 atom stereocenters. The number of carbonyl (C=O) groups is 2. The van der Waals surface area contributed by atoms with Gasteiger partial charge in [0.1, 0.15) is 18.9 Å². The number of anilines is 1. The lowest BCUT2D eigenvalue weighted by molar-refractivity contribution is -0.135. The van der Waals surface area contributed by atoms with Gasteiger partial charge in [0.15, 0.2) is 5.82 Å². The van der Waals surface area contributed by atoms with Crippen LogP contribution in [0.1, 0.15) is 29.8 Å². The highest BCUT2D eigenvalue weighted by atomic mass is 79.9. The summed E-state index contributed by atoms with van der Waals surface area (Å²) in [4.78, 5) is 22.6. The monoisotopic (exact) mass is 516 g/mol. The van der Waals surface area contributed by atoms with E-state index in [1.165, 1.54) is 12.1 Å². The Bertz CT molecular complexity index is 867. The van der Waals surface area contributed by atoms with Crippen LogP contribution < -0.4 is 15.4 Å². The molecule has 3 N–H and O–H groups in total. The van der Waals surface area contributed by atoms with Gasteiger partial charge in [-0.15, -0.1) is 0 Å². The van der Waals surface area contributed by atoms with E-state index >= 15 is 0 Å². The van der Waals surface area contributed by atoms with Crippen molar-refractivity contribution in [3.63, 3.8) is 0 Å². The zero-order chi connectivity index (χ0) is 20.8. The summed E-state index contributed by atoms with van der Waals surface area (Å²) < 4.78 is 21.3. The van der Waals surface area contributed by atoms with Crippen LogP contribution in [0.25, 0.3) is 0 Å². The van der Waals surface area contributed by atoms with Gasteiger partial charge < -0.3 is 20.5 Å². The summed E-state index contributed by atoms with van der Waals surface area (Å²) in [6.45, 7) is 3.35. The molecule has 2 rings (SSSR count). The summed E-state index contributed by atoms with van der Waals surface area (Å²) in [5.41, 5.74) is 1.04. The van der Waals surface area contributed by atoms with Gasteiger partial charge in [-0.2, -0.15) is 0 Å². The zero-order valence-electron chi connectivity index (χ0n) is 15.2.